The van der Waals surface area contributed by atoms with Crippen molar-refractivity contribution in [3.8, 4) is 0 Å². The summed E-state index contributed by atoms with van der Waals surface area (Å²) in [5, 5.41) is 3.72. The first kappa shape index (κ1) is 13.7. The van der Waals surface area contributed by atoms with Crippen LogP contribution >= 0.6 is 15.9 Å². The van der Waals surface area contributed by atoms with E-state index in [9.17, 15) is 0 Å². The molecule has 0 radical (unpaired) electrons. The fourth-order valence-corrected chi connectivity index (χ4v) is 3.45. The summed E-state index contributed by atoms with van der Waals surface area (Å²) in [6.45, 7) is 4.33. The Bertz CT molecular complexity index is 633. The van der Waals surface area contributed by atoms with E-state index in [1.165, 1.54) is 38.8 Å². The summed E-state index contributed by atoms with van der Waals surface area (Å²) >= 11 is 3.56. The highest BCUT2D eigenvalue weighted by Gasteiger charge is 2.18. The van der Waals surface area contributed by atoms with Crippen molar-refractivity contribution in [3.63, 3.8) is 0 Å². The van der Waals surface area contributed by atoms with E-state index in [1.807, 2.05) is 0 Å². The van der Waals surface area contributed by atoms with Gasteiger partial charge in [-0.25, -0.2) is 0 Å². The number of aryl methyl sites for hydroxylation is 3. The molecule has 1 unspecified atom stereocenters. The molecule has 1 aliphatic rings. The van der Waals surface area contributed by atoms with Crippen molar-refractivity contribution in [2.45, 2.75) is 39.2 Å². The largest absolute Gasteiger partial charge is 0.382 e. The third-order valence-electron chi connectivity index (χ3n) is 4.14. The summed E-state index contributed by atoms with van der Waals surface area (Å²) in [5.41, 5.74) is 6.93. The zero-order valence-corrected chi connectivity index (χ0v) is 13.6. The van der Waals surface area contributed by atoms with Crippen LogP contribution in [0.15, 0.2) is 40.9 Å². The smallest absolute Gasteiger partial charge is 0.0372 e. The SMILES string of the molecule is Cc1ccc(NC2CCc3cc(Br)ccc3C2)c(C)c1. The fraction of sp³-hybridized carbons (Fsp3) is 0.333. The van der Waals surface area contributed by atoms with Crippen molar-refractivity contribution in [1.29, 1.82) is 0 Å². The summed E-state index contributed by atoms with van der Waals surface area (Å²) in [5.74, 6) is 0. The van der Waals surface area contributed by atoms with Crippen LogP contribution in [0.25, 0.3) is 0 Å². The second-order valence-corrected chi connectivity index (χ2v) is 6.73. The molecule has 20 heavy (non-hydrogen) atoms. The van der Waals surface area contributed by atoms with Crippen molar-refractivity contribution in [2.75, 3.05) is 5.32 Å². The van der Waals surface area contributed by atoms with Gasteiger partial charge < -0.3 is 5.32 Å². The Morgan fingerprint density at radius 3 is 2.70 bits per heavy atom. The van der Waals surface area contributed by atoms with Gasteiger partial charge in [-0.05, 0) is 68.0 Å². The molecule has 0 heterocycles. The summed E-state index contributed by atoms with van der Waals surface area (Å²) in [6.07, 6.45) is 3.49. The van der Waals surface area contributed by atoms with Gasteiger partial charge in [-0.3, -0.25) is 0 Å². The molecule has 3 rings (SSSR count). The first-order valence-electron chi connectivity index (χ1n) is 7.23. The van der Waals surface area contributed by atoms with Crippen LogP contribution in [0.3, 0.4) is 0 Å². The number of hydrogen-bond donors (Lipinski definition) is 1. The van der Waals surface area contributed by atoms with Crippen LogP contribution in [0.4, 0.5) is 5.69 Å². The molecule has 0 saturated heterocycles. The van der Waals surface area contributed by atoms with Crippen LogP contribution in [-0.4, -0.2) is 6.04 Å². The van der Waals surface area contributed by atoms with Gasteiger partial charge in [0.05, 0.1) is 0 Å². The number of anilines is 1. The highest BCUT2D eigenvalue weighted by atomic mass is 79.9. The molecule has 0 amide bonds. The number of fused-ring (bicyclic) bond motifs is 1. The highest BCUT2D eigenvalue weighted by Crippen LogP contribution is 2.27. The van der Waals surface area contributed by atoms with E-state index >= 15 is 0 Å². The number of hydrogen-bond acceptors (Lipinski definition) is 1. The Morgan fingerprint density at radius 2 is 1.90 bits per heavy atom. The topological polar surface area (TPSA) is 12.0 Å². The molecule has 0 fully saturated rings. The van der Waals surface area contributed by atoms with Crippen LogP contribution in [0, 0.1) is 13.8 Å². The zero-order chi connectivity index (χ0) is 14.1. The van der Waals surface area contributed by atoms with Gasteiger partial charge in [0, 0.05) is 16.2 Å². The second kappa shape index (κ2) is 5.61. The Labute approximate surface area is 129 Å². The third kappa shape index (κ3) is 2.90. The van der Waals surface area contributed by atoms with Crippen molar-refractivity contribution in [3.05, 3.63) is 63.1 Å². The van der Waals surface area contributed by atoms with E-state index in [1.54, 1.807) is 0 Å². The average molecular weight is 330 g/mol. The lowest BCUT2D eigenvalue weighted by molar-refractivity contribution is 0.610. The molecule has 2 aromatic rings. The van der Waals surface area contributed by atoms with Crippen LogP contribution in [0.2, 0.25) is 0 Å². The maximum atomic E-state index is 3.72. The lowest BCUT2D eigenvalue weighted by Gasteiger charge is -2.27. The molecular weight excluding hydrogens is 310 g/mol. The van der Waals surface area contributed by atoms with Crippen LogP contribution in [0.1, 0.15) is 28.7 Å². The van der Waals surface area contributed by atoms with Crippen molar-refractivity contribution in [2.24, 2.45) is 0 Å². The molecule has 2 aromatic carbocycles. The minimum atomic E-state index is 0.546. The van der Waals surface area contributed by atoms with Gasteiger partial charge in [0.2, 0.25) is 0 Å². The van der Waals surface area contributed by atoms with E-state index in [0.29, 0.717) is 6.04 Å². The Kier molecular flexibility index (Phi) is 3.84. The van der Waals surface area contributed by atoms with Crippen LogP contribution in [0.5, 0.6) is 0 Å². The van der Waals surface area contributed by atoms with Gasteiger partial charge in [-0.1, -0.05) is 39.7 Å². The van der Waals surface area contributed by atoms with Gasteiger partial charge in [0.25, 0.3) is 0 Å². The Hall–Kier alpha value is -1.28. The highest BCUT2D eigenvalue weighted by molar-refractivity contribution is 9.10. The fourth-order valence-electron chi connectivity index (χ4n) is 3.04. The lowest BCUT2D eigenvalue weighted by Crippen LogP contribution is -2.27. The number of rotatable bonds is 2. The van der Waals surface area contributed by atoms with Gasteiger partial charge in [0.1, 0.15) is 0 Å². The van der Waals surface area contributed by atoms with Crippen LogP contribution < -0.4 is 5.32 Å². The van der Waals surface area contributed by atoms with E-state index in [-0.39, 0.29) is 0 Å². The van der Waals surface area contributed by atoms with E-state index < -0.39 is 0 Å². The molecule has 0 aliphatic heterocycles. The summed E-state index contributed by atoms with van der Waals surface area (Å²) in [7, 11) is 0. The number of halogens is 1. The maximum Gasteiger partial charge on any atom is 0.0372 e. The minimum absolute atomic E-state index is 0.546. The Balaban J connectivity index is 1.75. The first-order valence-corrected chi connectivity index (χ1v) is 8.02. The summed E-state index contributed by atoms with van der Waals surface area (Å²) < 4.78 is 1.19. The average Bonchev–Trinajstić information content (AvgIpc) is 2.42. The van der Waals surface area contributed by atoms with Crippen molar-refractivity contribution < 1.29 is 0 Å². The zero-order valence-electron chi connectivity index (χ0n) is 12.0. The predicted octanol–water partition coefficient (Wildman–Crippen LogP) is 5.04. The molecule has 0 aromatic heterocycles. The molecule has 2 heteroatoms. The predicted molar refractivity (Wildman–Crippen MR) is 89.5 cm³/mol. The molecular formula is C18H20BrN. The third-order valence-corrected chi connectivity index (χ3v) is 4.63. The maximum absolute atomic E-state index is 3.72. The van der Waals surface area contributed by atoms with Gasteiger partial charge in [-0.15, -0.1) is 0 Å². The standard InChI is InChI=1S/C18H20BrN/c1-12-3-8-18(13(2)9-12)20-17-7-5-14-10-16(19)6-4-15(14)11-17/h3-4,6,8-10,17,20H,5,7,11H2,1-2H3. The van der Waals surface area contributed by atoms with E-state index in [2.05, 4.69) is 71.5 Å². The van der Waals surface area contributed by atoms with Crippen molar-refractivity contribution in [1.82, 2.24) is 0 Å². The monoisotopic (exact) mass is 329 g/mol. The van der Waals surface area contributed by atoms with E-state index in [4.69, 9.17) is 0 Å². The Morgan fingerprint density at radius 1 is 1.05 bits per heavy atom. The number of benzene rings is 2. The van der Waals surface area contributed by atoms with Gasteiger partial charge >= 0.3 is 0 Å². The second-order valence-electron chi connectivity index (χ2n) is 5.82. The van der Waals surface area contributed by atoms with Crippen molar-refractivity contribution >= 4 is 21.6 Å². The first-order chi connectivity index (χ1) is 9.61. The van der Waals surface area contributed by atoms with Gasteiger partial charge in [0.15, 0.2) is 0 Å². The van der Waals surface area contributed by atoms with Crippen LogP contribution in [-0.2, 0) is 12.8 Å². The van der Waals surface area contributed by atoms with Gasteiger partial charge in [-0.2, -0.15) is 0 Å². The normalized spacial score (nSPS) is 17.6. The summed E-state index contributed by atoms with van der Waals surface area (Å²) in [4.78, 5) is 0. The molecule has 1 N–H and O–H groups in total. The molecule has 0 saturated carbocycles. The molecule has 1 atom stereocenters. The molecule has 0 spiro atoms. The number of nitrogens with one attached hydrogen (secondary N) is 1. The molecule has 1 nitrogen and oxygen atoms in total. The molecule has 1 aliphatic carbocycles. The van der Waals surface area contributed by atoms with E-state index in [0.717, 1.165) is 12.8 Å². The molecule has 0 bridgehead atoms. The lowest BCUT2D eigenvalue weighted by atomic mass is 9.88. The quantitative estimate of drug-likeness (QED) is 0.814. The summed E-state index contributed by atoms with van der Waals surface area (Å²) in [6, 6.07) is 13.9. The minimum Gasteiger partial charge on any atom is -0.382 e. The molecule has 104 valence electrons.